The van der Waals surface area contributed by atoms with Crippen LogP contribution in [0.1, 0.15) is 51.0 Å². The van der Waals surface area contributed by atoms with Crippen molar-refractivity contribution >= 4 is 32.6 Å². The third-order valence-corrected chi connectivity index (χ3v) is 13.8. The van der Waals surface area contributed by atoms with Gasteiger partial charge in [-0.2, -0.15) is 0 Å². The van der Waals surface area contributed by atoms with E-state index in [1.54, 1.807) is 8.46 Å². The van der Waals surface area contributed by atoms with Crippen molar-refractivity contribution in [1.82, 2.24) is 0 Å². The second-order valence-corrected chi connectivity index (χ2v) is 22.4. The van der Waals surface area contributed by atoms with Crippen LogP contribution in [0, 0.1) is 0 Å². The maximum absolute atomic E-state index is 2.51. The van der Waals surface area contributed by atoms with Gasteiger partial charge in [0.05, 0.1) is 0 Å². The van der Waals surface area contributed by atoms with Gasteiger partial charge in [0.25, 0.3) is 0 Å². The van der Waals surface area contributed by atoms with Crippen molar-refractivity contribution in [2.75, 3.05) is 0 Å². The average Bonchev–Trinajstić information content (AvgIpc) is 2.71. The van der Waals surface area contributed by atoms with Gasteiger partial charge in [0, 0.05) is 0 Å². The Hall–Kier alpha value is 0.499. The zero-order valence-corrected chi connectivity index (χ0v) is 15.7. The first-order valence-electron chi connectivity index (χ1n) is 7.12. The summed E-state index contributed by atoms with van der Waals surface area (Å²) in [5.74, 6) is 0. The molecule has 0 nitrogen and oxygen atoms in total. The van der Waals surface area contributed by atoms with Crippen LogP contribution in [-0.4, -0.2) is 18.4 Å². The number of aryl methyl sites for hydroxylation is 1. The summed E-state index contributed by atoms with van der Waals surface area (Å²) in [7, 11) is 0. The Morgan fingerprint density at radius 1 is 1.00 bits per heavy atom. The predicted molar refractivity (Wildman–Crippen MR) is 84.4 cm³/mol. The Bertz CT molecular complexity index is 309. The molecule has 1 aromatic rings. The van der Waals surface area contributed by atoms with Crippen molar-refractivity contribution in [3.05, 3.63) is 17.0 Å². The van der Waals surface area contributed by atoms with Gasteiger partial charge in [-0.25, -0.2) is 0 Å². The Morgan fingerprint density at radius 3 is 2.24 bits per heavy atom. The van der Waals surface area contributed by atoms with E-state index in [-0.39, 0.29) is 0 Å². The van der Waals surface area contributed by atoms with E-state index in [0.717, 1.165) is 0 Å². The zero-order valence-electron chi connectivity index (χ0n) is 12.0. The first-order valence-corrected chi connectivity index (χ1v) is 18.0. The number of hydrogen-bond acceptors (Lipinski definition) is 1. The summed E-state index contributed by atoms with van der Waals surface area (Å²) in [4.78, 5) is 7.53. The second kappa shape index (κ2) is 7.83. The number of thiophene rings is 1. The molecule has 1 heterocycles. The average molecular weight is 359 g/mol. The molecule has 0 N–H and O–H groups in total. The van der Waals surface area contributed by atoms with Gasteiger partial charge in [0.1, 0.15) is 0 Å². The predicted octanol–water partition coefficient (Wildman–Crippen LogP) is 5.20. The number of hydrogen-bond donors (Lipinski definition) is 0. The molecule has 0 aromatic carbocycles. The summed E-state index contributed by atoms with van der Waals surface area (Å²) in [6, 6.07) is 2.51. The van der Waals surface area contributed by atoms with Crippen LogP contribution in [0.25, 0.3) is 0 Å². The Balaban J connectivity index is 2.21. The third kappa shape index (κ3) is 6.28. The molecule has 17 heavy (non-hydrogen) atoms. The van der Waals surface area contributed by atoms with Crippen molar-refractivity contribution in [3.8, 4) is 0 Å². The Labute approximate surface area is 116 Å². The van der Waals surface area contributed by atoms with Crippen molar-refractivity contribution in [3.63, 3.8) is 0 Å². The third-order valence-electron chi connectivity index (χ3n) is 3.21. The molecule has 98 valence electrons. The molecular formula is C15H28SSn. The second-order valence-electron chi connectivity index (χ2n) is 6.09. The molecule has 0 saturated heterocycles. The van der Waals surface area contributed by atoms with E-state index in [0.29, 0.717) is 0 Å². The molecule has 0 unspecified atom stereocenters. The van der Waals surface area contributed by atoms with E-state index in [9.17, 15) is 0 Å². The molecule has 0 aliphatic carbocycles. The summed E-state index contributed by atoms with van der Waals surface area (Å²) in [6.45, 7) is 2.28. The van der Waals surface area contributed by atoms with Crippen LogP contribution < -0.4 is 2.89 Å². The fourth-order valence-corrected chi connectivity index (χ4v) is 8.34. The van der Waals surface area contributed by atoms with Gasteiger partial charge in [-0.1, -0.05) is 0 Å². The van der Waals surface area contributed by atoms with Crippen LogP contribution in [0.15, 0.2) is 11.4 Å². The summed E-state index contributed by atoms with van der Waals surface area (Å²) in [5.41, 5.74) is 1.60. The van der Waals surface area contributed by atoms with Crippen molar-refractivity contribution in [2.45, 2.75) is 66.7 Å². The zero-order chi connectivity index (χ0) is 12.7. The normalized spacial score (nSPS) is 12.0. The van der Waals surface area contributed by atoms with Crippen molar-refractivity contribution < 1.29 is 0 Å². The Morgan fingerprint density at radius 2 is 1.65 bits per heavy atom. The fraction of sp³-hybridized carbons (Fsp3) is 0.733. The molecule has 0 atom stereocenters. The van der Waals surface area contributed by atoms with E-state index >= 15 is 0 Å². The molecule has 0 aliphatic rings. The van der Waals surface area contributed by atoms with Gasteiger partial charge in [-0.3, -0.25) is 0 Å². The van der Waals surface area contributed by atoms with E-state index in [4.69, 9.17) is 0 Å². The molecule has 1 aromatic heterocycles. The van der Waals surface area contributed by atoms with E-state index in [2.05, 4.69) is 33.2 Å². The van der Waals surface area contributed by atoms with Crippen molar-refractivity contribution in [2.24, 2.45) is 0 Å². The molecule has 0 saturated carbocycles. The first-order chi connectivity index (χ1) is 8.04. The van der Waals surface area contributed by atoms with E-state index < -0.39 is 18.4 Å². The topological polar surface area (TPSA) is 0 Å². The first kappa shape index (κ1) is 15.6. The molecule has 0 bridgehead atoms. The minimum absolute atomic E-state index is 1.31. The Kier molecular flexibility index (Phi) is 7.16. The van der Waals surface area contributed by atoms with Crippen LogP contribution in [0.4, 0.5) is 0 Å². The van der Waals surface area contributed by atoms with Gasteiger partial charge in [0.15, 0.2) is 0 Å². The fourth-order valence-electron chi connectivity index (χ4n) is 2.01. The van der Waals surface area contributed by atoms with Crippen molar-refractivity contribution in [1.29, 1.82) is 0 Å². The van der Waals surface area contributed by atoms with Crippen LogP contribution in [0.2, 0.25) is 14.8 Å². The van der Waals surface area contributed by atoms with Gasteiger partial charge < -0.3 is 0 Å². The number of rotatable bonds is 8. The van der Waals surface area contributed by atoms with E-state index in [1.807, 2.05) is 11.3 Å². The monoisotopic (exact) mass is 360 g/mol. The molecule has 2 heteroatoms. The van der Waals surface area contributed by atoms with Gasteiger partial charge in [-0.05, 0) is 0 Å². The van der Waals surface area contributed by atoms with Gasteiger partial charge >= 0.3 is 116 Å². The molecule has 0 aliphatic heterocycles. The van der Waals surface area contributed by atoms with Crippen LogP contribution >= 0.6 is 11.3 Å². The quantitative estimate of drug-likeness (QED) is 0.442. The summed E-state index contributed by atoms with van der Waals surface area (Å²) in [6.07, 6.45) is 9.76. The molecule has 1 rings (SSSR count). The summed E-state index contributed by atoms with van der Waals surface area (Å²) < 4.78 is 1.74. The summed E-state index contributed by atoms with van der Waals surface area (Å²) >= 11 is 0.255. The SMILES string of the molecule is CCCCCCCCc1cs[c]([Sn]([CH3])([CH3])[CH3])c1. The minimum atomic E-state index is -1.77. The van der Waals surface area contributed by atoms with Crippen LogP contribution in [0.5, 0.6) is 0 Å². The molecular weight excluding hydrogens is 331 g/mol. The van der Waals surface area contributed by atoms with Gasteiger partial charge in [-0.15, -0.1) is 0 Å². The molecule has 0 fully saturated rings. The van der Waals surface area contributed by atoms with Crippen LogP contribution in [0.3, 0.4) is 0 Å². The number of unbranched alkanes of at least 4 members (excludes halogenated alkanes) is 5. The molecule has 0 spiro atoms. The maximum atomic E-state index is 2.51. The van der Waals surface area contributed by atoms with Gasteiger partial charge in [0.2, 0.25) is 0 Å². The molecule has 0 radical (unpaired) electrons. The van der Waals surface area contributed by atoms with E-state index in [1.165, 1.54) is 44.9 Å². The van der Waals surface area contributed by atoms with Crippen LogP contribution in [-0.2, 0) is 6.42 Å². The molecule has 0 amide bonds. The summed E-state index contributed by atoms with van der Waals surface area (Å²) in [5, 5.41) is 2.41. The standard InChI is InChI=1S/C12H19S.3CH3.Sn/c1-2-3-4-5-6-7-8-12-9-10-13-11-12;;;;/h9,11H,2-8H2,1H3;3*1H3;.